The van der Waals surface area contributed by atoms with E-state index in [2.05, 4.69) is 68.3 Å². The summed E-state index contributed by atoms with van der Waals surface area (Å²) in [5.74, 6) is 0. The van der Waals surface area contributed by atoms with Crippen LogP contribution in [0.25, 0.3) is 0 Å². The molecule has 0 saturated heterocycles. The van der Waals surface area contributed by atoms with Gasteiger partial charge in [-0.1, -0.05) is 45.4 Å². The summed E-state index contributed by atoms with van der Waals surface area (Å²) in [4.78, 5) is 2.45. The van der Waals surface area contributed by atoms with Crippen LogP contribution in [0.5, 0.6) is 0 Å². The van der Waals surface area contributed by atoms with Crippen LogP contribution in [0.15, 0.2) is 53.8 Å². The molecule has 1 atom stereocenters. The van der Waals surface area contributed by atoms with Crippen LogP contribution in [-0.4, -0.2) is 6.04 Å². The Bertz CT molecular complexity index is 456. The van der Waals surface area contributed by atoms with Crippen LogP contribution in [0.1, 0.15) is 46.5 Å². The number of anilines is 1. The number of hydrogen-bond acceptors (Lipinski definition) is 1. The molecule has 0 saturated carbocycles. The van der Waals surface area contributed by atoms with E-state index in [0.717, 1.165) is 12.8 Å². The lowest BCUT2D eigenvalue weighted by atomic mass is 9.89. The third kappa shape index (κ3) is 2.91. The highest BCUT2D eigenvalue weighted by molar-refractivity contribution is 5.56. The molecule has 0 amide bonds. The zero-order valence-corrected chi connectivity index (χ0v) is 12.4. The fourth-order valence-electron chi connectivity index (χ4n) is 3.02. The van der Waals surface area contributed by atoms with Gasteiger partial charge in [-0.15, -0.1) is 0 Å². The largest absolute Gasteiger partial charge is 0.341 e. The summed E-state index contributed by atoms with van der Waals surface area (Å²) >= 11 is 0. The smallest absolute Gasteiger partial charge is 0.0551 e. The van der Waals surface area contributed by atoms with Gasteiger partial charge in [0.25, 0.3) is 0 Å². The number of benzene rings is 1. The summed E-state index contributed by atoms with van der Waals surface area (Å²) in [5, 5.41) is 0. The van der Waals surface area contributed by atoms with Gasteiger partial charge in [0.15, 0.2) is 0 Å². The monoisotopic (exact) mass is 255 g/mol. The first kappa shape index (κ1) is 13.9. The van der Waals surface area contributed by atoms with Crippen molar-refractivity contribution in [2.45, 2.75) is 52.5 Å². The molecule has 1 heterocycles. The average molecular weight is 255 g/mol. The van der Waals surface area contributed by atoms with E-state index in [1.165, 1.54) is 24.1 Å². The molecule has 1 aromatic rings. The molecule has 19 heavy (non-hydrogen) atoms. The van der Waals surface area contributed by atoms with E-state index in [0.29, 0.717) is 6.04 Å². The second-order valence-corrected chi connectivity index (χ2v) is 5.12. The van der Waals surface area contributed by atoms with E-state index in [9.17, 15) is 0 Å². The molecule has 0 aliphatic carbocycles. The molecule has 0 spiro atoms. The lowest BCUT2D eigenvalue weighted by Gasteiger charge is -2.36. The van der Waals surface area contributed by atoms with E-state index in [1.807, 2.05) is 0 Å². The summed E-state index contributed by atoms with van der Waals surface area (Å²) in [6.45, 7) is 6.83. The highest BCUT2D eigenvalue weighted by atomic mass is 15.1. The Morgan fingerprint density at radius 3 is 2.32 bits per heavy atom. The third-order valence-corrected chi connectivity index (χ3v) is 3.97. The maximum absolute atomic E-state index is 2.45. The maximum atomic E-state index is 2.45. The van der Waals surface area contributed by atoms with Gasteiger partial charge < -0.3 is 4.90 Å². The molecule has 1 nitrogen and oxygen atoms in total. The fourth-order valence-corrected chi connectivity index (χ4v) is 3.02. The lowest BCUT2D eigenvalue weighted by Crippen LogP contribution is -2.35. The molecule has 0 radical (unpaired) electrons. The van der Waals surface area contributed by atoms with Crippen molar-refractivity contribution in [3.8, 4) is 0 Å². The topological polar surface area (TPSA) is 3.24 Å². The Balaban J connectivity index is 2.36. The van der Waals surface area contributed by atoms with Gasteiger partial charge in [-0.05, 0) is 48.6 Å². The Labute approximate surface area is 117 Å². The molecule has 0 fully saturated rings. The second kappa shape index (κ2) is 6.60. The standard InChI is InChI=1S/C18H25N/c1-4-10-18-17(6-3)15(5-2)13-14-19(18)16-11-8-7-9-12-16/h7-9,11-14,18H,4-6,10H2,1-3H3. The SMILES string of the molecule is CCCC1C(CC)=C(CC)C=CN1c1ccccc1. The quantitative estimate of drug-likeness (QED) is 0.689. The minimum atomic E-state index is 0.539. The van der Waals surface area contributed by atoms with Crippen LogP contribution in [0, 0.1) is 0 Å². The lowest BCUT2D eigenvalue weighted by molar-refractivity contribution is 0.622. The van der Waals surface area contributed by atoms with Gasteiger partial charge in [-0.2, -0.15) is 0 Å². The van der Waals surface area contributed by atoms with Crippen LogP contribution in [0.3, 0.4) is 0 Å². The Morgan fingerprint density at radius 1 is 1.00 bits per heavy atom. The third-order valence-electron chi connectivity index (χ3n) is 3.97. The van der Waals surface area contributed by atoms with Crippen molar-refractivity contribution in [2.75, 3.05) is 4.90 Å². The summed E-state index contributed by atoms with van der Waals surface area (Å²) in [6, 6.07) is 11.3. The average Bonchev–Trinajstić information content (AvgIpc) is 2.48. The molecule has 0 aromatic heterocycles. The van der Waals surface area contributed by atoms with Crippen molar-refractivity contribution in [1.82, 2.24) is 0 Å². The van der Waals surface area contributed by atoms with E-state index >= 15 is 0 Å². The Kier molecular flexibility index (Phi) is 4.84. The van der Waals surface area contributed by atoms with Gasteiger partial charge in [-0.25, -0.2) is 0 Å². The molecule has 1 unspecified atom stereocenters. The van der Waals surface area contributed by atoms with Crippen LogP contribution in [0.2, 0.25) is 0 Å². The maximum Gasteiger partial charge on any atom is 0.0551 e. The van der Waals surface area contributed by atoms with Gasteiger partial charge in [0.2, 0.25) is 0 Å². The van der Waals surface area contributed by atoms with Gasteiger partial charge >= 0.3 is 0 Å². The number of para-hydroxylation sites is 1. The first-order valence-corrected chi connectivity index (χ1v) is 7.55. The van der Waals surface area contributed by atoms with Gasteiger partial charge in [0, 0.05) is 11.9 Å². The molecular weight excluding hydrogens is 230 g/mol. The van der Waals surface area contributed by atoms with Crippen molar-refractivity contribution in [3.05, 3.63) is 53.8 Å². The Hall–Kier alpha value is -1.50. The van der Waals surface area contributed by atoms with Crippen molar-refractivity contribution < 1.29 is 0 Å². The molecule has 1 heteroatoms. The zero-order chi connectivity index (χ0) is 13.7. The van der Waals surface area contributed by atoms with Crippen LogP contribution < -0.4 is 4.90 Å². The van der Waals surface area contributed by atoms with Crippen LogP contribution in [-0.2, 0) is 0 Å². The van der Waals surface area contributed by atoms with Crippen molar-refractivity contribution in [2.24, 2.45) is 0 Å². The predicted molar refractivity (Wildman–Crippen MR) is 84.4 cm³/mol. The fraction of sp³-hybridized carbons (Fsp3) is 0.444. The first-order chi connectivity index (χ1) is 9.31. The van der Waals surface area contributed by atoms with Crippen LogP contribution in [0.4, 0.5) is 5.69 Å². The summed E-state index contributed by atoms with van der Waals surface area (Å²) < 4.78 is 0. The zero-order valence-electron chi connectivity index (χ0n) is 12.4. The number of rotatable bonds is 5. The molecule has 0 bridgehead atoms. The van der Waals surface area contributed by atoms with E-state index in [1.54, 1.807) is 5.57 Å². The summed E-state index contributed by atoms with van der Waals surface area (Å²) in [6.07, 6.45) is 9.32. The number of hydrogen-bond donors (Lipinski definition) is 0. The van der Waals surface area contributed by atoms with Gasteiger partial charge in [0.1, 0.15) is 0 Å². The van der Waals surface area contributed by atoms with Crippen molar-refractivity contribution in [3.63, 3.8) is 0 Å². The molecule has 1 aromatic carbocycles. The van der Waals surface area contributed by atoms with E-state index < -0.39 is 0 Å². The van der Waals surface area contributed by atoms with Crippen molar-refractivity contribution >= 4 is 5.69 Å². The minimum absolute atomic E-state index is 0.539. The molecule has 102 valence electrons. The highest BCUT2D eigenvalue weighted by Gasteiger charge is 2.24. The minimum Gasteiger partial charge on any atom is -0.341 e. The van der Waals surface area contributed by atoms with Crippen molar-refractivity contribution in [1.29, 1.82) is 0 Å². The number of nitrogens with zero attached hydrogens (tertiary/aromatic N) is 1. The first-order valence-electron chi connectivity index (χ1n) is 7.55. The normalized spacial score (nSPS) is 19.1. The number of allylic oxidation sites excluding steroid dienone is 2. The van der Waals surface area contributed by atoms with Gasteiger partial charge in [-0.3, -0.25) is 0 Å². The van der Waals surface area contributed by atoms with E-state index in [-0.39, 0.29) is 0 Å². The van der Waals surface area contributed by atoms with E-state index in [4.69, 9.17) is 0 Å². The molecule has 0 N–H and O–H groups in total. The molecule has 1 aliphatic rings. The highest BCUT2D eigenvalue weighted by Crippen LogP contribution is 2.32. The molecule has 1 aliphatic heterocycles. The molecule has 2 rings (SSSR count). The summed E-state index contributed by atoms with van der Waals surface area (Å²) in [7, 11) is 0. The summed E-state index contributed by atoms with van der Waals surface area (Å²) in [5.41, 5.74) is 4.46. The van der Waals surface area contributed by atoms with Crippen LogP contribution >= 0.6 is 0 Å². The second-order valence-electron chi connectivity index (χ2n) is 5.12. The van der Waals surface area contributed by atoms with Gasteiger partial charge in [0.05, 0.1) is 6.04 Å². The predicted octanol–water partition coefficient (Wildman–Crippen LogP) is 5.31. The Morgan fingerprint density at radius 2 is 1.74 bits per heavy atom. The molecular formula is C18H25N.